The van der Waals surface area contributed by atoms with E-state index in [0.717, 1.165) is 42.3 Å². The van der Waals surface area contributed by atoms with Crippen molar-refractivity contribution in [2.24, 2.45) is 12.0 Å². The molecular weight excluding hydrogens is 293 g/mol. The van der Waals surface area contributed by atoms with Crippen LogP contribution >= 0.6 is 0 Å². The van der Waals surface area contributed by atoms with Gasteiger partial charge in [-0.15, -0.1) is 0 Å². The molecule has 6 heteroatoms. The molecule has 1 aromatic heterocycles. The molecule has 2 N–H and O–H groups in total. The van der Waals surface area contributed by atoms with E-state index in [-0.39, 0.29) is 5.82 Å². The Kier molecular flexibility index (Phi) is 6.14. The minimum atomic E-state index is -0.190. The van der Waals surface area contributed by atoms with Gasteiger partial charge in [0.05, 0.1) is 12.2 Å². The average molecular weight is 317 g/mol. The van der Waals surface area contributed by atoms with Crippen molar-refractivity contribution in [2.75, 3.05) is 13.1 Å². The summed E-state index contributed by atoms with van der Waals surface area (Å²) in [5, 5.41) is 10.7. The number of hydrogen-bond acceptors (Lipinski definition) is 2. The van der Waals surface area contributed by atoms with E-state index in [1.54, 1.807) is 12.3 Å². The summed E-state index contributed by atoms with van der Waals surface area (Å²) in [7, 11) is 1.91. The second-order valence-electron chi connectivity index (χ2n) is 5.39. The lowest BCUT2D eigenvalue weighted by atomic mass is 10.1. The molecule has 1 heterocycles. The van der Waals surface area contributed by atoms with Crippen LogP contribution in [-0.2, 0) is 20.0 Å². The zero-order valence-electron chi connectivity index (χ0n) is 13.9. The Hall–Kier alpha value is -2.37. The number of nitrogens with one attached hydrogen (secondary N) is 2. The van der Waals surface area contributed by atoms with Crippen molar-refractivity contribution in [3.05, 3.63) is 53.1 Å². The number of rotatable bonds is 6. The van der Waals surface area contributed by atoms with Gasteiger partial charge in [0.25, 0.3) is 0 Å². The van der Waals surface area contributed by atoms with Crippen molar-refractivity contribution in [2.45, 2.75) is 26.8 Å². The van der Waals surface area contributed by atoms with Crippen LogP contribution in [0.25, 0.3) is 0 Å². The third kappa shape index (κ3) is 5.09. The number of guanidine groups is 1. The van der Waals surface area contributed by atoms with E-state index in [2.05, 4.69) is 20.7 Å². The van der Waals surface area contributed by atoms with E-state index < -0.39 is 0 Å². The van der Waals surface area contributed by atoms with Crippen molar-refractivity contribution in [1.82, 2.24) is 20.4 Å². The number of aromatic nitrogens is 2. The van der Waals surface area contributed by atoms with Crippen LogP contribution < -0.4 is 10.6 Å². The fourth-order valence-electron chi connectivity index (χ4n) is 2.31. The predicted molar refractivity (Wildman–Crippen MR) is 90.9 cm³/mol. The second-order valence-corrected chi connectivity index (χ2v) is 5.39. The molecule has 0 aliphatic heterocycles. The summed E-state index contributed by atoms with van der Waals surface area (Å²) in [6, 6.07) is 6.86. The summed E-state index contributed by atoms with van der Waals surface area (Å²) in [6.07, 6.45) is 2.59. The van der Waals surface area contributed by atoms with Gasteiger partial charge in [-0.05, 0) is 49.6 Å². The number of nitrogens with zero attached hydrogens (tertiary/aromatic N) is 3. The standard InChI is InChI=1S/C17H24FN5/c1-4-19-17(21-12-16-8-10-22-23(16)3)20-9-7-14-5-6-15(18)11-13(14)2/h5-6,8,10-11H,4,7,9,12H2,1-3H3,(H2,19,20,21). The first-order valence-corrected chi connectivity index (χ1v) is 7.84. The average Bonchev–Trinajstić information content (AvgIpc) is 2.92. The summed E-state index contributed by atoms with van der Waals surface area (Å²) in [5.41, 5.74) is 3.17. The van der Waals surface area contributed by atoms with Crippen LogP contribution in [0.3, 0.4) is 0 Å². The molecule has 0 saturated heterocycles. The maximum atomic E-state index is 13.1. The van der Waals surface area contributed by atoms with E-state index in [4.69, 9.17) is 0 Å². The zero-order chi connectivity index (χ0) is 16.7. The smallest absolute Gasteiger partial charge is 0.191 e. The highest BCUT2D eigenvalue weighted by atomic mass is 19.1. The van der Waals surface area contributed by atoms with Crippen LogP contribution in [0, 0.1) is 12.7 Å². The number of hydrogen-bond donors (Lipinski definition) is 2. The molecule has 0 aliphatic rings. The van der Waals surface area contributed by atoms with Crippen molar-refractivity contribution in [3.63, 3.8) is 0 Å². The topological polar surface area (TPSA) is 54.2 Å². The van der Waals surface area contributed by atoms with Gasteiger partial charge in [0.1, 0.15) is 5.82 Å². The molecule has 0 saturated carbocycles. The van der Waals surface area contributed by atoms with Crippen LogP contribution in [0.15, 0.2) is 35.5 Å². The van der Waals surface area contributed by atoms with Crippen molar-refractivity contribution < 1.29 is 4.39 Å². The summed E-state index contributed by atoms with van der Waals surface area (Å²) in [6.45, 7) is 6.07. The monoisotopic (exact) mass is 317 g/mol. The molecular formula is C17H24FN5. The maximum Gasteiger partial charge on any atom is 0.191 e. The molecule has 1 aromatic carbocycles. The van der Waals surface area contributed by atoms with Gasteiger partial charge in [0.2, 0.25) is 0 Å². The van der Waals surface area contributed by atoms with Gasteiger partial charge in [-0.3, -0.25) is 4.68 Å². The summed E-state index contributed by atoms with van der Waals surface area (Å²) >= 11 is 0. The fraction of sp³-hybridized carbons (Fsp3) is 0.412. The number of aliphatic imine (C=N–C) groups is 1. The number of benzene rings is 1. The zero-order valence-corrected chi connectivity index (χ0v) is 13.9. The van der Waals surface area contributed by atoms with Gasteiger partial charge >= 0.3 is 0 Å². The molecule has 0 amide bonds. The van der Waals surface area contributed by atoms with E-state index in [9.17, 15) is 4.39 Å². The molecule has 0 atom stereocenters. The van der Waals surface area contributed by atoms with Gasteiger partial charge < -0.3 is 10.6 Å². The van der Waals surface area contributed by atoms with Crippen LogP contribution in [-0.4, -0.2) is 28.8 Å². The second kappa shape index (κ2) is 8.31. The highest BCUT2D eigenvalue weighted by Crippen LogP contribution is 2.10. The Balaban J connectivity index is 1.90. The molecule has 0 spiro atoms. The van der Waals surface area contributed by atoms with Crippen LogP contribution in [0.5, 0.6) is 0 Å². The van der Waals surface area contributed by atoms with Crippen LogP contribution in [0.2, 0.25) is 0 Å². The lowest BCUT2D eigenvalue weighted by Gasteiger charge is -2.12. The minimum absolute atomic E-state index is 0.190. The SMILES string of the molecule is CCNC(=NCc1ccnn1C)NCCc1ccc(F)cc1C. The molecule has 0 fully saturated rings. The van der Waals surface area contributed by atoms with Gasteiger partial charge in [-0.25, -0.2) is 9.38 Å². The highest BCUT2D eigenvalue weighted by molar-refractivity contribution is 5.79. The quantitative estimate of drug-likeness (QED) is 0.634. The van der Waals surface area contributed by atoms with E-state index >= 15 is 0 Å². The summed E-state index contributed by atoms with van der Waals surface area (Å²) in [5.74, 6) is 0.582. The molecule has 0 unspecified atom stereocenters. The van der Waals surface area contributed by atoms with Crippen molar-refractivity contribution in [1.29, 1.82) is 0 Å². The molecule has 2 rings (SSSR count). The Labute approximate surface area is 136 Å². The van der Waals surface area contributed by atoms with Gasteiger partial charge in [0.15, 0.2) is 5.96 Å². The van der Waals surface area contributed by atoms with Crippen molar-refractivity contribution in [3.8, 4) is 0 Å². The Morgan fingerprint density at radius 1 is 1.30 bits per heavy atom. The predicted octanol–water partition coefficient (Wildman–Crippen LogP) is 2.17. The molecule has 124 valence electrons. The van der Waals surface area contributed by atoms with E-state index in [0.29, 0.717) is 6.54 Å². The van der Waals surface area contributed by atoms with Crippen molar-refractivity contribution >= 4 is 5.96 Å². The number of aryl methyl sites for hydroxylation is 2. The van der Waals surface area contributed by atoms with Gasteiger partial charge in [-0.1, -0.05) is 6.07 Å². The number of halogens is 1. The van der Waals surface area contributed by atoms with E-state index in [1.165, 1.54) is 6.07 Å². The molecule has 5 nitrogen and oxygen atoms in total. The maximum absolute atomic E-state index is 13.1. The first-order valence-electron chi connectivity index (χ1n) is 7.84. The largest absolute Gasteiger partial charge is 0.357 e. The minimum Gasteiger partial charge on any atom is -0.357 e. The molecule has 0 aliphatic carbocycles. The van der Waals surface area contributed by atoms with E-state index in [1.807, 2.05) is 37.7 Å². The first-order chi connectivity index (χ1) is 11.1. The molecule has 0 bridgehead atoms. The Morgan fingerprint density at radius 3 is 2.78 bits per heavy atom. The third-order valence-electron chi connectivity index (χ3n) is 3.66. The van der Waals surface area contributed by atoms with Gasteiger partial charge in [-0.2, -0.15) is 5.10 Å². The normalized spacial score (nSPS) is 11.6. The van der Waals surface area contributed by atoms with Gasteiger partial charge in [0, 0.05) is 26.3 Å². The van der Waals surface area contributed by atoms with Crippen LogP contribution in [0.1, 0.15) is 23.7 Å². The molecule has 23 heavy (non-hydrogen) atoms. The first kappa shape index (κ1) is 17.0. The van der Waals surface area contributed by atoms with Crippen LogP contribution in [0.4, 0.5) is 4.39 Å². The third-order valence-corrected chi connectivity index (χ3v) is 3.66. The highest BCUT2D eigenvalue weighted by Gasteiger charge is 2.03. The molecule has 2 aromatic rings. The Bertz CT molecular complexity index is 663. The fourth-order valence-corrected chi connectivity index (χ4v) is 2.31. The Morgan fingerprint density at radius 2 is 2.13 bits per heavy atom. The molecule has 0 radical (unpaired) electrons. The lowest BCUT2D eigenvalue weighted by Crippen LogP contribution is -2.38. The summed E-state index contributed by atoms with van der Waals surface area (Å²) < 4.78 is 14.9. The summed E-state index contributed by atoms with van der Waals surface area (Å²) in [4.78, 5) is 4.56. The lowest BCUT2D eigenvalue weighted by molar-refractivity contribution is 0.625.